The molecule has 10 nitrogen and oxygen atoms in total. The third kappa shape index (κ3) is 6.45. The van der Waals surface area contributed by atoms with E-state index in [4.69, 9.17) is 35.3 Å². The lowest BCUT2D eigenvalue weighted by atomic mass is 9.80. The number of nitrogens with zero attached hydrogens (tertiary/aromatic N) is 1. The number of hydrogen-bond donors (Lipinski definition) is 1. The Hall–Kier alpha value is -3.08. The number of benzene rings is 1. The Morgan fingerprint density at radius 3 is 2.57 bits per heavy atom. The normalized spacial score (nSPS) is 35.6. The molecule has 3 aliphatic rings. The summed E-state index contributed by atoms with van der Waals surface area (Å²) in [4.78, 5) is 40.0. The summed E-state index contributed by atoms with van der Waals surface area (Å²) >= 11 is 6.66. The third-order valence-electron chi connectivity index (χ3n) is 8.60. The average molecular weight is 605 g/mol. The van der Waals surface area contributed by atoms with Gasteiger partial charge in [0.05, 0.1) is 37.0 Å². The van der Waals surface area contributed by atoms with E-state index in [-0.39, 0.29) is 18.2 Å². The van der Waals surface area contributed by atoms with E-state index in [9.17, 15) is 14.4 Å². The Bertz CT molecular complexity index is 1300. The SMILES string of the molecule is COc1cc2cc(c1Cl)N(C)C(=O)CC(OC(C)=O)C1(C)OC1C(C)C1CC(C)(NC(=O)O1)C(OC)/C=C/C=C(\C)C2. The quantitative estimate of drug-likeness (QED) is 0.388. The topological polar surface area (TPSA) is 116 Å². The van der Waals surface area contributed by atoms with Crippen molar-refractivity contribution in [2.24, 2.45) is 5.92 Å². The number of rotatable bonds is 3. The van der Waals surface area contributed by atoms with E-state index >= 15 is 0 Å². The van der Waals surface area contributed by atoms with Gasteiger partial charge in [-0.1, -0.05) is 42.3 Å². The van der Waals surface area contributed by atoms with Crippen LogP contribution in [0.5, 0.6) is 5.75 Å². The summed E-state index contributed by atoms with van der Waals surface area (Å²) in [6.45, 7) is 8.96. The van der Waals surface area contributed by atoms with E-state index in [1.165, 1.54) is 18.9 Å². The molecule has 42 heavy (non-hydrogen) atoms. The van der Waals surface area contributed by atoms with Crippen LogP contribution >= 0.6 is 11.6 Å². The molecule has 0 radical (unpaired) electrons. The van der Waals surface area contributed by atoms with Crippen molar-refractivity contribution in [3.05, 3.63) is 46.5 Å². The van der Waals surface area contributed by atoms with Crippen molar-refractivity contribution in [2.45, 2.75) is 89.4 Å². The minimum atomic E-state index is -0.969. The molecule has 11 heteroatoms. The van der Waals surface area contributed by atoms with Gasteiger partial charge in [-0.05, 0) is 44.9 Å². The molecule has 7 unspecified atom stereocenters. The van der Waals surface area contributed by atoms with E-state index in [1.54, 1.807) is 14.2 Å². The number of epoxide rings is 1. The molecular weight excluding hydrogens is 564 g/mol. The van der Waals surface area contributed by atoms with Gasteiger partial charge in [0.2, 0.25) is 5.91 Å². The number of esters is 1. The molecule has 2 fully saturated rings. The fourth-order valence-corrected chi connectivity index (χ4v) is 6.40. The van der Waals surface area contributed by atoms with Crippen molar-refractivity contribution in [1.82, 2.24) is 5.32 Å². The van der Waals surface area contributed by atoms with Crippen molar-refractivity contribution in [3.8, 4) is 5.75 Å². The molecule has 7 atom stereocenters. The van der Waals surface area contributed by atoms with Gasteiger partial charge in [-0.15, -0.1) is 0 Å². The van der Waals surface area contributed by atoms with Crippen molar-refractivity contribution in [1.29, 1.82) is 0 Å². The number of hydrogen-bond acceptors (Lipinski definition) is 8. The molecule has 3 heterocycles. The second kappa shape index (κ2) is 12.3. The van der Waals surface area contributed by atoms with Gasteiger partial charge in [0.25, 0.3) is 0 Å². The second-order valence-electron chi connectivity index (χ2n) is 11.9. The second-order valence-corrected chi connectivity index (χ2v) is 12.3. The van der Waals surface area contributed by atoms with Crippen molar-refractivity contribution in [3.63, 3.8) is 0 Å². The number of carbonyl (C=O) groups excluding carboxylic acids is 3. The summed E-state index contributed by atoms with van der Waals surface area (Å²) in [7, 11) is 4.76. The van der Waals surface area contributed by atoms with Gasteiger partial charge in [0.15, 0.2) is 0 Å². The Morgan fingerprint density at radius 2 is 1.93 bits per heavy atom. The highest BCUT2D eigenvalue weighted by Gasteiger charge is 2.64. The summed E-state index contributed by atoms with van der Waals surface area (Å²) in [5, 5.41) is 3.24. The molecule has 4 rings (SSSR count). The number of methoxy groups -OCH3 is 2. The molecule has 3 aliphatic heterocycles. The number of carbonyl (C=O) groups is 3. The van der Waals surface area contributed by atoms with Crippen LogP contribution in [-0.2, 0) is 35.0 Å². The maximum absolute atomic E-state index is 13.6. The lowest BCUT2D eigenvalue weighted by Crippen LogP contribution is -2.61. The van der Waals surface area contributed by atoms with Crippen LogP contribution in [0.2, 0.25) is 5.02 Å². The Labute approximate surface area is 252 Å². The zero-order valence-electron chi connectivity index (χ0n) is 25.5. The molecule has 1 N–H and O–H groups in total. The maximum atomic E-state index is 13.6. The minimum Gasteiger partial charge on any atom is -0.495 e. The summed E-state index contributed by atoms with van der Waals surface area (Å²) in [6.07, 6.45) is 3.87. The molecule has 2 amide bonds. The Morgan fingerprint density at radius 1 is 1.21 bits per heavy atom. The van der Waals surface area contributed by atoms with Crippen LogP contribution in [0.3, 0.4) is 0 Å². The van der Waals surface area contributed by atoms with E-state index < -0.39 is 47.6 Å². The number of alkyl carbamates (subject to hydrolysis) is 1. The van der Waals surface area contributed by atoms with E-state index in [0.717, 1.165) is 11.1 Å². The largest absolute Gasteiger partial charge is 0.495 e. The molecule has 0 saturated carbocycles. The smallest absolute Gasteiger partial charge is 0.407 e. The highest BCUT2D eigenvalue weighted by atomic mass is 35.5. The number of amides is 2. The number of halogens is 1. The van der Waals surface area contributed by atoms with Gasteiger partial charge in [-0.25, -0.2) is 4.79 Å². The molecule has 230 valence electrons. The zero-order valence-corrected chi connectivity index (χ0v) is 26.2. The monoisotopic (exact) mass is 604 g/mol. The number of nitrogens with one attached hydrogen (secondary N) is 1. The predicted molar refractivity (Wildman–Crippen MR) is 158 cm³/mol. The first-order valence-electron chi connectivity index (χ1n) is 14.1. The van der Waals surface area contributed by atoms with Gasteiger partial charge < -0.3 is 33.9 Å². The molecule has 2 saturated heterocycles. The average Bonchev–Trinajstić information content (AvgIpc) is 3.61. The highest BCUT2D eigenvalue weighted by Crippen LogP contribution is 2.49. The van der Waals surface area contributed by atoms with Crippen LogP contribution in [-0.4, -0.2) is 74.8 Å². The number of allylic oxidation sites excluding steroid dienone is 3. The molecule has 0 aromatic heterocycles. The molecule has 1 aromatic carbocycles. The number of fused-ring (bicyclic) bond motifs is 5. The van der Waals surface area contributed by atoms with Crippen LogP contribution in [0, 0.1) is 5.92 Å². The van der Waals surface area contributed by atoms with Crippen LogP contribution in [0.15, 0.2) is 35.9 Å². The van der Waals surface area contributed by atoms with E-state index in [2.05, 4.69) is 5.32 Å². The van der Waals surface area contributed by atoms with Crippen molar-refractivity contribution < 1.29 is 38.1 Å². The van der Waals surface area contributed by atoms with Gasteiger partial charge in [-0.3, -0.25) is 9.59 Å². The van der Waals surface area contributed by atoms with Crippen LogP contribution in [0.4, 0.5) is 10.5 Å². The fourth-order valence-electron chi connectivity index (χ4n) is 6.09. The van der Waals surface area contributed by atoms with Crippen molar-refractivity contribution >= 4 is 35.3 Å². The first kappa shape index (κ1) is 31.8. The predicted octanol–water partition coefficient (Wildman–Crippen LogP) is 4.76. The summed E-state index contributed by atoms with van der Waals surface area (Å²) in [5.74, 6) is -0.678. The summed E-state index contributed by atoms with van der Waals surface area (Å²) < 4.78 is 28.9. The number of anilines is 1. The molecule has 1 aromatic rings. The van der Waals surface area contributed by atoms with E-state index in [0.29, 0.717) is 29.3 Å². The zero-order chi connectivity index (χ0) is 31.0. The fraction of sp³-hybridized carbons (Fsp3) is 0.581. The highest BCUT2D eigenvalue weighted by molar-refractivity contribution is 6.35. The Balaban J connectivity index is 1.79. The number of ether oxygens (including phenoxy) is 5. The molecule has 4 bridgehead atoms. The Kier molecular flexibility index (Phi) is 9.30. The van der Waals surface area contributed by atoms with Crippen LogP contribution in [0.25, 0.3) is 0 Å². The molecular formula is C31H41ClN2O8. The lowest BCUT2D eigenvalue weighted by molar-refractivity contribution is -0.151. The third-order valence-corrected chi connectivity index (χ3v) is 8.98. The lowest BCUT2D eigenvalue weighted by Gasteiger charge is -2.43. The molecule has 0 spiro atoms. The maximum Gasteiger partial charge on any atom is 0.407 e. The van der Waals surface area contributed by atoms with Crippen LogP contribution < -0.4 is 15.0 Å². The standard InChI is InChI=1S/C31H41ClN2O8/c1-17-10-9-11-24(39-8)30(4)16-23(41-29(37)33-30)18(2)28-31(5,42-28)25(40-19(3)35)15-26(36)34(6)21-13-20(12-17)14-22(38-7)27(21)32/h9-11,13-14,18,23-25,28H,12,15-16H2,1-8H3,(H,33,37)/b11-9+,17-10+. The van der Waals surface area contributed by atoms with Crippen molar-refractivity contribution in [2.75, 3.05) is 26.2 Å². The minimum absolute atomic E-state index is 0.142. The summed E-state index contributed by atoms with van der Waals surface area (Å²) in [5.41, 5.74) is 0.676. The van der Waals surface area contributed by atoms with Gasteiger partial charge in [0.1, 0.15) is 28.6 Å². The first-order valence-corrected chi connectivity index (χ1v) is 14.4. The van der Waals surface area contributed by atoms with E-state index in [1.807, 2.05) is 58.1 Å². The molecule has 0 aliphatic carbocycles. The van der Waals surface area contributed by atoms with Crippen LogP contribution in [0.1, 0.15) is 53.0 Å². The first-order chi connectivity index (χ1) is 19.7. The summed E-state index contributed by atoms with van der Waals surface area (Å²) in [6, 6.07) is 3.70. The van der Waals surface area contributed by atoms with Gasteiger partial charge in [-0.2, -0.15) is 0 Å². The van der Waals surface area contributed by atoms with Gasteiger partial charge in [0, 0.05) is 33.4 Å². The van der Waals surface area contributed by atoms with Gasteiger partial charge >= 0.3 is 12.1 Å².